The third kappa shape index (κ3) is 3.18. The lowest BCUT2D eigenvalue weighted by Crippen LogP contribution is -2.35. The quantitative estimate of drug-likeness (QED) is 0.713. The van der Waals surface area contributed by atoms with Crippen LogP contribution in [0.5, 0.6) is 0 Å². The molecule has 0 saturated carbocycles. The van der Waals surface area contributed by atoms with Crippen LogP contribution in [0, 0.1) is 26.6 Å². The van der Waals surface area contributed by atoms with Gasteiger partial charge in [0.05, 0.1) is 11.4 Å². The van der Waals surface area contributed by atoms with Crippen molar-refractivity contribution >= 4 is 17.0 Å². The molecule has 0 unspecified atom stereocenters. The lowest BCUT2D eigenvalue weighted by Gasteiger charge is -2.35. The molecule has 1 N–H and O–H groups in total. The molecule has 27 heavy (non-hydrogen) atoms. The van der Waals surface area contributed by atoms with Gasteiger partial charge < -0.3 is 14.6 Å². The van der Waals surface area contributed by atoms with E-state index >= 15 is 0 Å². The Kier molecular flexibility index (Phi) is 4.38. The van der Waals surface area contributed by atoms with Gasteiger partial charge >= 0.3 is 0 Å². The van der Waals surface area contributed by atoms with E-state index in [1.54, 1.807) is 6.07 Å². The molecule has 4 nitrogen and oxygen atoms in total. The van der Waals surface area contributed by atoms with Crippen molar-refractivity contribution in [1.29, 1.82) is 0 Å². The molecular weight excluding hydrogens is 339 g/mol. The second-order valence-electron chi connectivity index (χ2n) is 7.33. The van der Waals surface area contributed by atoms with Crippen LogP contribution >= 0.6 is 0 Å². The molecule has 5 heteroatoms. The van der Waals surface area contributed by atoms with E-state index in [1.165, 1.54) is 12.5 Å². The minimum Gasteiger partial charge on any atom is -0.378 e. The van der Waals surface area contributed by atoms with E-state index in [0.29, 0.717) is 6.54 Å². The number of hydrogen-bond acceptors (Lipinski definition) is 3. The Balaban J connectivity index is 1.71. The van der Waals surface area contributed by atoms with Gasteiger partial charge in [0, 0.05) is 42.8 Å². The highest BCUT2D eigenvalue weighted by Gasteiger charge is 2.19. The molecular formula is C22H25FN4. The SMILES string of the molecule is C=C(c1cc(NCc2ccc(F)cc2C)c2nc(C)c(C)n2c1)N1CCC1. The van der Waals surface area contributed by atoms with Crippen LogP contribution in [-0.4, -0.2) is 27.4 Å². The van der Waals surface area contributed by atoms with Gasteiger partial charge in [-0.25, -0.2) is 9.37 Å². The van der Waals surface area contributed by atoms with Gasteiger partial charge in [-0.05, 0) is 56.5 Å². The molecule has 0 bridgehead atoms. The van der Waals surface area contributed by atoms with E-state index in [4.69, 9.17) is 4.98 Å². The van der Waals surface area contributed by atoms with Crippen molar-refractivity contribution in [2.45, 2.75) is 33.7 Å². The summed E-state index contributed by atoms with van der Waals surface area (Å²) in [4.78, 5) is 7.04. The van der Waals surface area contributed by atoms with Gasteiger partial charge in [0.15, 0.2) is 5.65 Å². The first-order valence-corrected chi connectivity index (χ1v) is 9.36. The fraction of sp³-hybridized carbons (Fsp3) is 0.318. The lowest BCUT2D eigenvalue weighted by molar-refractivity contribution is 0.282. The molecule has 1 fully saturated rings. The number of aryl methyl sites for hydroxylation is 3. The molecule has 3 heterocycles. The highest BCUT2D eigenvalue weighted by atomic mass is 19.1. The van der Waals surface area contributed by atoms with Gasteiger partial charge in [0.25, 0.3) is 0 Å². The summed E-state index contributed by atoms with van der Waals surface area (Å²) in [7, 11) is 0. The molecule has 0 amide bonds. The van der Waals surface area contributed by atoms with Gasteiger partial charge in [-0.2, -0.15) is 0 Å². The average molecular weight is 364 g/mol. The van der Waals surface area contributed by atoms with E-state index in [0.717, 1.165) is 58.2 Å². The first kappa shape index (κ1) is 17.6. The lowest BCUT2D eigenvalue weighted by atomic mass is 10.1. The van der Waals surface area contributed by atoms with Crippen LogP contribution in [0.15, 0.2) is 37.0 Å². The fourth-order valence-electron chi connectivity index (χ4n) is 3.48. The molecule has 0 atom stereocenters. The zero-order chi connectivity index (χ0) is 19.1. The second kappa shape index (κ2) is 6.72. The van der Waals surface area contributed by atoms with Crippen molar-refractivity contribution in [3.05, 3.63) is 70.9 Å². The number of hydrogen-bond donors (Lipinski definition) is 1. The summed E-state index contributed by atoms with van der Waals surface area (Å²) >= 11 is 0. The van der Waals surface area contributed by atoms with Crippen LogP contribution in [0.2, 0.25) is 0 Å². The predicted molar refractivity (Wildman–Crippen MR) is 108 cm³/mol. The summed E-state index contributed by atoms with van der Waals surface area (Å²) in [5.74, 6) is -0.203. The number of nitrogens with zero attached hydrogens (tertiary/aromatic N) is 3. The number of halogens is 1. The predicted octanol–water partition coefficient (Wildman–Crippen LogP) is 4.69. The number of fused-ring (bicyclic) bond motifs is 1. The van der Waals surface area contributed by atoms with Gasteiger partial charge in [0.1, 0.15) is 5.82 Å². The number of pyridine rings is 1. The van der Waals surface area contributed by atoms with Crippen molar-refractivity contribution in [3.63, 3.8) is 0 Å². The summed E-state index contributed by atoms with van der Waals surface area (Å²) in [6, 6.07) is 7.03. The van der Waals surface area contributed by atoms with Crippen molar-refractivity contribution in [3.8, 4) is 0 Å². The summed E-state index contributed by atoms with van der Waals surface area (Å²) < 4.78 is 15.5. The normalized spacial score (nSPS) is 13.7. The van der Waals surface area contributed by atoms with Crippen LogP contribution in [0.25, 0.3) is 11.3 Å². The second-order valence-corrected chi connectivity index (χ2v) is 7.33. The monoisotopic (exact) mass is 364 g/mol. The van der Waals surface area contributed by atoms with E-state index in [9.17, 15) is 4.39 Å². The molecule has 0 spiro atoms. The number of anilines is 1. The molecule has 1 saturated heterocycles. The maximum Gasteiger partial charge on any atom is 0.160 e. The number of benzene rings is 1. The number of aromatic nitrogens is 2. The van der Waals surface area contributed by atoms with Crippen molar-refractivity contribution < 1.29 is 4.39 Å². The Morgan fingerprint density at radius 1 is 1.22 bits per heavy atom. The Morgan fingerprint density at radius 3 is 2.67 bits per heavy atom. The third-order valence-corrected chi connectivity index (χ3v) is 5.54. The van der Waals surface area contributed by atoms with Crippen LogP contribution in [0.3, 0.4) is 0 Å². The number of likely N-dealkylation sites (tertiary alicyclic amines) is 1. The van der Waals surface area contributed by atoms with Crippen LogP contribution in [-0.2, 0) is 6.54 Å². The number of imidazole rings is 1. The Hall–Kier alpha value is -2.82. The molecule has 0 aliphatic carbocycles. The van der Waals surface area contributed by atoms with Gasteiger partial charge in [0.2, 0.25) is 0 Å². The fourth-order valence-corrected chi connectivity index (χ4v) is 3.48. The summed E-state index contributed by atoms with van der Waals surface area (Å²) in [5.41, 5.74) is 8.18. The molecule has 0 radical (unpaired) electrons. The largest absolute Gasteiger partial charge is 0.378 e. The van der Waals surface area contributed by atoms with Crippen molar-refractivity contribution in [2.75, 3.05) is 18.4 Å². The standard InChI is InChI=1S/C22H25FN4/c1-14-10-20(23)7-6-18(14)12-24-21-11-19(17(4)26-8-5-9-26)13-27-16(3)15(2)25-22(21)27/h6-7,10-11,13,24H,4-5,8-9,12H2,1-3H3. The molecule has 140 valence electrons. The van der Waals surface area contributed by atoms with Gasteiger partial charge in [-0.15, -0.1) is 0 Å². The van der Waals surface area contributed by atoms with E-state index in [1.807, 2.05) is 19.9 Å². The minimum atomic E-state index is -0.203. The van der Waals surface area contributed by atoms with Gasteiger partial charge in [-0.1, -0.05) is 12.6 Å². The van der Waals surface area contributed by atoms with Crippen LogP contribution in [0.1, 0.15) is 34.5 Å². The molecule has 4 rings (SSSR count). The summed E-state index contributed by atoms with van der Waals surface area (Å²) in [6.07, 6.45) is 3.35. The summed E-state index contributed by atoms with van der Waals surface area (Å²) in [5, 5.41) is 3.51. The van der Waals surface area contributed by atoms with Gasteiger partial charge in [-0.3, -0.25) is 0 Å². The Morgan fingerprint density at radius 2 is 2.00 bits per heavy atom. The minimum absolute atomic E-state index is 0.203. The first-order valence-electron chi connectivity index (χ1n) is 9.36. The molecule has 1 aliphatic rings. The maximum atomic E-state index is 13.4. The van der Waals surface area contributed by atoms with E-state index in [2.05, 4.69) is 40.4 Å². The Bertz CT molecular complexity index is 1030. The van der Waals surface area contributed by atoms with Crippen LogP contribution < -0.4 is 5.32 Å². The topological polar surface area (TPSA) is 32.6 Å². The summed E-state index contributed by atoms with van der Waals surface area (Å²) in [6.45, 7) is 13.1. The molecule has 2 aromatic heterocycles. The smallest absolute Gasteiger partial charge is 0.160 e. The van der Waals surface area contributed by atoms with E-state index in [-0.39, 0.29) is 5.82 Å². The average Bonchev–Trinajstić information content (AvgIpc) is 2.87. The Labute approximate surface area is 159 Å². The zero-order valence-corrected chi connectivity index (χ0v) is 16.1. The van der Waals surface area contributed by atoms with E-state index < -0.39 is 0 Å². The van der Waals surface area contributed by atoms with Crippen molar-refractivity contribution in [2.24, 2.45) is 0 Å². The molecule has 1 aliphatic heterocycles. The first-order chi connectivity index (χ1) is 12.9. The highest BCUT2D eigenvalue weighted by Crippen LogP contribution is 2.29. The highest BCUT2D eigenvalue weighted by molar-refractivity contribution is 5.75. The van der Waals surface area contributed by atoms with Crippen molar-refractivity contribution in [1.82, 2.24) is 14.3 Å². The zero-order valence-electron chi connectivity index (χ0n) is 16.1. The number of nitrogens with one attached hydrogen (secondary N) is 1. The number of rotatable bonds is 5. The molecule has 1 aromatic carbocycles. The van der Waals surface area contributed by atoms with Crippen LogP contribution in [0.4, 0.5) is 10.1 Å². The third-order valence-electron chi connectivity index (χ3n) is 5.54. The molecule has 3 aromatic rings. The maximum absolute atomic E-state index is 13.4.